The molecule has 5 nitrogen and oxygen atoms in total. The average molecular weight is 385 g/mol. The molecular formula is C19H26F3N3O2. The van der Waals surface area contributed by atoms with Gasteiger partial charge in [-0.05, 0) is 30.0 Å². The van der Waals surface area contributed by atoms with Gasteiger partial charge in [-0.3, -0.25) is 9.59 Å². The molecule has 1 aromatic rings. The lowest BCUT2D eigenvalue weighted by atomic mass is 10.0. The van der Waals surface area contributed by atoms with Crippen LogP contribution in [0.2, 0.25) is 0 Å². The predicted octanol–water partition coefficient (Wildman–Crippen LogP) is 2.54. The first kappa shape index (κ1) is 21.2. The smallest absolute Gasteiger partial charge is 0.352 e. The third kappa shape index (κ3) is 5.95. The number of hydrogen-bond donors (Lipinski definition) is 2. The third-order valence-electron chi connectivity index (χ3n) is 4.60. The first-order valence-corrected chi connectivity index (χ1v) is 9.04. The summed E-state index contributed by atoms with van der Waals surface area (Å²) in [5.41, 5.74) is 5.33. The van der Waals surface area contributed by atoms with Gasteiger partial charge in [0.05, 0.1) is 11.5 Å². The lowest BCUT2D eigenvalue weighted by Gasteiger charge is -2.21. The zero-order chi connectivity index (χ0) is 20.2. The molecule has 1 heterocycles. The Morgan fingerprint density at radius 3 is 2.67 bits per heavy atom. The highest BCUT2D eigenvalue weighted by atomic mass is 19.4. The standard InChI is InChI=1S/C19H26F3N3O2/c1-12(2)6-16(9-23)24-18(27)14-8-17(26)25(11-14)10-13-4-3-5-15(7-13)19(20,21)22/h3-5,7,12,14,16H,6,8-11,23H2,1-2H3,(H,24,27). The Labute approximate surface area is 157 Å². The summed E-state index contributed by atoms with van der Waals surface area (Å²) in [7, 11) is 0. The molecule has 0 aliphatic carbocycles. The van der Waals surface area contributed by atoms with Gasteiger partial charge in [-0.1, -0.05) is 26.0 Å². The van der Waals surface area contributed by atoms with Crippen molar-refractivity contribution in [3.8, 4) is 0 Å². The van der Waals surface area contributed by atoms with E-state index in [1.807, 2.05) is 13.8 Å². The van der Waals surface area contributed by atoms with Crippen molar-refractivity contribution >= 4 is 11.8 Å². The molecule has 0 radical (unpaired) electrons. The fourth-order valence-electron chi connectivity index (χ4n) is 3.27. The van der Waals surface area contributed by atoms with Crippen LogP contribution in [0.1, 0.15) is 37.8 Å². The summed E-state index contributed by atoms with van der Waals surface area (Å²) in [4.78, 5) is 26.1. The number of carbonyl (C=O) groups excluding carboxylic acids is 2. The molecule has 1 aliphatic heterocycles. The normalized spacial score (nSPS) is 18.9. The number of nitrogens with two attached hydrogens (primary N) is 1. The van der Waals surface area contributed by atoms with Crippen molar-refractivity contribution in [2.24, 2.45) is 17.6 Å². The first-order valence-electron chi connectivity index (χ1n) is 9.04. The third-order valence-corrected chi connectivity index (χ3v) is 4.60. The largest absolute Gasteiger partial charge is 0.416 e. The van der Waals surface area contributed by atoms with Crippen LogP contribution >= 0.6 is 0 Å². The van der Waals surface area contributed by atoms with Crippen LogP contribution < -0.4 is 11.1 Å². The zero-order valence-corrected chi connectivity index (χ0v) is 15.6. The quantitative estimate of drug-likeness (QED) is 0.757. The van der Waals surface area contributed by atoms with Gasteiger partial charge >= 0.3 is 6.18 Å². The van der Waals surface area contributed by atoms with Crippen LogP contribution in [0.3, 0.4) is 0 Å². The number of amides is 2. The van der Waals surface area contributed by atoms with Crippen LogP contribution in [-0.2, 0) is 22.3 Å². The highest BCUT2D eigenvalue weighted by Crippen LogP contribution is 2.30. The number of likely N-dealkylation sites (tertiary alicyclic amines) is 1. The second-order valence-electron chi connectivity index (χ2n) is 7.44. The number of benzene rings is 1. The van der Waals surface area contributed by atoms with Gasteiger partial charge in [0.15, 0.2) is 0 Å². The summed E-state index contributed by atoms with van der Waals surface area (Å²) < 4.78 is 38.5. The van der Waals surface area contributed by atoms with E-state index in [1.54, 1.807) is 6.07 Å². The number of hydrogen-bond acceptors (Lipinski definition) is 3. The van der Waals surface area contributed by atoms with Crippen LogP contribution in [0.5, 0.6) is 0 Å². The molecule has 0 aromatic heterocycles. The van der Waals surface area contributed by atoms with E-state index in [0.29, 0.717) is 18.0 Å². The Morgan fingerprint density at radius 1 is 1.37 bits per heavy atom. The Hall–Kier alpha value is -2.09. The second-order valence-corrected chi connectivity index (χ2v) is 7.44. The molecule has 2 amide bonds. The van der Waals surface area contributed by atoms with Gasteiger partial charge in [0.1, 0.15) is 0 Å². The Balaban J connectivity index is 1.98. The summed E-state index contributed by atoms with van der Waals surface area (Å²) in [5.74, 6) is -0.599. The van der Waals surface area contributed by atoms with E-state index in [1.165, 1.54) is 11.0 Å². The molecule has 8 heteroatoms. The Bertz CT molecular complexity index is 676. The number of carbonyl (C=O) groups is 2. The lowest BCUT2D eigenvalue weighted by Crippen LogP contribution is -2.44. The fourth-order valence-corrected chi connectivity index (χ4v) is 3.27. The van der Waals surface area contributed by atoms with Gasteiger partial charge in [0.2, 0.25) is 11.8 Å². The highest BCUT2D eigenvalue weighted by Gasteiger charge is 2.35. The minimum Gasteiger partial charge on any atom is -0.352 e. The summed E-state index contributed by atoms with van der Waals surface area (Å²) in [5, 5.41) is 2.88. The molecule has 1 saturated heterocycles. The van der Waals surface area contributed by atoms with E-state index >= 15 is 0 Å². The van der Waals surface area contributed by atoms with E-state index < -0.39 is 17.7 Å². The number of nitrogens with one attached hydrogen (secondary N) is 1. The van der Waals surface area contributed by atoms with Gasteiger partial charge in [-0.2, -0.15) is 13.2 Å². The molecule has 2 atom stereocenters. The van der Waals surface area contributed by atoms with E-state index in [9.17, 15) is 22.8 Å². The maximum atomic E-state index is 12.8. The van der Waals surface area contributed by atoms with Crippen LogP contribution in [0, 0.1) is 11.8 Å². The molecule has 3 N–H and O–H groups in total. The highest BCUT2D eigenvalue weighted by molar-refractivity contribution is 5.89. The number of halogens is 3. The van der Waals surface area contributed by atoms with E-state index in [0.717, 1.165) is 18.6 Å². The molecule has 2 unspecified atom stereocenters. The van der Waals surface area contributed by atoms with Gasteiger partial charge in [-0.15, -0.1) is 0 Å². The minimum absolute atomic E-state index is 0.0544. The van der Waals surface area contributed by atoms with Crippen molar-refractivity contribution in [1.29, 1.82) is 0 Å². The monoisotopic (exact) mass is 385 g/mol. The number of rotatable bonds is 7. The van der Waals surface area contributed by atoms with Crippen LogP contribution in [0.25, 0.3) is 0 Å². The van der Waals surface area contributed by atoms with E-state index in [2.05, 4.69) is 5.32 Å². The second kappa shape index (κ2) is 8.73. The maximum Gasteiger partial charge on any atom is 0.416 e. The van der Waals surface area contributed by atoms with Crippen LogP contribution in [-0.4, -0.2) is 35.8 Å². The van der Waals surface area contributed by atoms with Crippen molar-refractivity contribution in [1.82, 2.24) is 10.2 Å². The molecule has 1 fully saturated rings. The molecule has 150 valence electrons. The molecule has 0 saturated carbocycles. The van der Waals surface area contributed by atoms with E-state index in [4.69, 9.17) is 5.73 Å². The van der Waals surface area contributed by atoms with Gasteiger partial charge < -0.3 is 16.0 Å². The van der Waals surface area contributed by atoms with Crippen molar-refractivity contribution in [3.63, 3.8) is 0 Å². The summed E-state index contributed by atoms with van der Waals surface area (Å²) in [6.45, 7) is 4.63. The van der Waals surface area contributed by atoms with Gasteiger partial charge in [0, 0.05) is 32.1 Å². The maximum absolute atomic E-state index is 12.8. The zero-order valence-electron chi connectivity index (χ0n) is 15.6. The topological polar surface area (TPSA) is 75.4 Å². The van der Waals surface area contributed by atoms with Crippen molar-refractivity contribution in [2.45, 2.75) is 45.5 Å². The molecule has 1 aliphatic rings. The molecular weight excluding hydrogens is 359 g/mol. The minimum atomic E-state index is -4.43. The van der Waals surface area contributed by atoms with Crippen molar-refractivity contribution < 1.29 is 22.8 Å². The number of alkyl halides is 3. The van der Waals surface area contributed by atoms with Crippen molar-refractivity contribution in [3.05, 3.63) is 35.4 Å². The SMILES string of the molecule is CC(C)CC(CN)NC(=O)C1CC(=O)N(Cc2cccc(C(F)(F)F)c2)C1. The Morgan fingerprint density at radius 2 is 2.07 bits per heavy atom. The van der Waals surface area contributed by atoms with Crippen LogP contribution in [0.15, 0.2) is 24.3 Å². The molecule has 0 spiro atoms. The van der Waals surface area contributed by atoms with Crippen molar-refractivity contribution in [2.75, 3.05) is 13.1 Å². The molecule has 2 rings (SSSR count). The average Bonchev–Trinajstić information content (AvgIpc) is 2.94. The van der Waals surface area contributed by atoms with Gasteiger partial charge in [0.25, 0.3) is 0 Å². The Kier molecular flexibility index (Phi) is 6.86. The number of nitrogens with zero attached hydrogens (tertiary/aromatic N) is 1. The van der Waals surface area contributed by atoms with Crippen LogP contribution in [0.4, 0.5) is 13.2 Å². The molecule has 27 heavy (non-hydrogen) atoms. The summed E-state index contributed by atoms with van der Waals surface area (Å²) in [6, 6.07) is 4.75. The fraction of sp³-hybridized carbons (Fsp3) is 0.579. The lowest BCUT2D eigenvalue weighted by molar-refractivity contribution is -0.137. The predicted molar refractivity (Wildman–Crippen MR) is 95.4 cm³/mol. The molecule has 0 bridgehead atoms. The van der Waals surface area contributed by atoms with E-state index in [-0.39, 0.29) is 37.4 Å². The van der Waals surface area contributed by atoms with Gasteiger partial charge in [-0.25, -0.2) is 0 Å². The first-order chi connectivity index (χ1) is 12.6. The summed E-state index contributed by atoms with van der Waals surface area (Å²) in [6.07, 6.45) is -3.62. The molecule has 1 aromatic carbocycles. The summed E-state index contributed by atoms with van der Waals surface area (Å²) >= 11 is 0.